The first-order valence-corrected chi connectivity index (χ1v) is 18.9. The smallest absolute Gasteiger partial charge is 0.160 e. The summed E-state index contributed by atoms with van der Waals surface area (Å²) in [5.41, 5.74) is 13.8. The highest BCUT2D eigenvalue weighted by molar-refractivity contribution is 6.15. The van der Waals surface area contributed by atoms with E-state index in [0.29, 0.717) is 5.82 Å². The van der Waals surface area contributed by atoms with Crippen molar-refractivity contribution in [2.75, 3.05) is 0 Å². The molecule has 0 spiro atoms. The number of pyridine rings is 1. The van der Waals surface area contributed by atoms with E-state index in [1.807, 2.05) is 48.7 Å². The van der Waals surface area contributed by atoms with Gasteiger partial charge in [-0.2, -0.15) is 0 Å². The monoisotopic (exact) mass is 715 g/mol. The van der Waals surface area contributed by atoms with Gasteiger partial charge in [-0.25, -0.2) is 15.0 Å². The Morgan fingerprint density at radius 2 is 0.946 bits per heavy atom. The summed E-state index contributed by atoms with van der Waals surface area (Å²) < 4.78 is 4.67. The molecule has 0 fully saturated rings. The zero-order valence-electron chi connectivity index (χ0n) is 30.3. The van der Waals surface area contributed by atoms with Crippen molar-refractivity contribution in [3.05, 3.63) is 200 Å². The molecule has 7 aromatic carbocycles. The summed E-state index contributed by atoms with van der Waals surface area (Å²) in [5, 5.41) is 4.75. The van der Waals surface area contributed by atoms with Gasteiger partial charge in [-0.05, 0) is 66.2 Å². The largest absolute Gasteiger partial charge is 0.309 e. The average Bonchev–Trinajstić information content (AvgIpc) is 3.80. The zero-order chi connectivity index (χ0) is 37.0. The minimum absolute atomic E-state index is 0.702. The molecule has 0 N–H and O–H groups in total. The Labute approximate surface area is 323 Å². The van der Waals surface area contributed by atoms with Crippen LogP contribution in [0.5, 0.6) is 0 Å². The topological polar surface area (TPSA) is 48.5 Å². The van der Waals surface area contributed by atoms with E-state index in [4.69, 9.17) is 15.0 Å². The lowest BCUT2D eigenvalue weighted by Gasteiger charge is -2.12. The molecule has 5 heteroatoms. The van der Waals surface area contributed by atoms with Crippen LogP contribution in [-0.2, 0) is 0 Å². The van der Waals surface area contributed by atoms with E-state index < -0.39 is 0 Å². The Bertz CT molecular complexity index is 3160. The second kappa shape index (κ2) is 13.0. The number of aromatic nitrogens is 5. The third kappa shape index (κ3) is 5.21. The van der Waals surface area contributed by atoms with Crippen LogP contribution in [0.15, 0.2) is 200 Å². The molecule has 0 aliphatic heterocycles. The number of para-hydroxylation sites is 3. The van der Waals surface area contributed by atoms with E-state index in [1.54, 1.807) is 0 Å². The molecule has 0 atom stereocenters. The fourth-order valence-corrected chi connectivity index (χ4v) is 8.22. The summed E-state index contributed by atoms with van der Waals surface area (Å²) >= 11 is 0. The highest BCUT2D eigenvalue weighted by Gasteiger charge is 2.19. The molecule has 11 aromatic rings. The molecule has 0 radical (unpaired) electrons. The SMILES string of the molecule is c1ccc(-c2cc(-c3ccc(-n4c5ccc(-c6cccc7c8ccccc8n(-c8ccccc8)c67)cc5c5cccnc54)cc3)nc(-c3ccccc3)n2)cc1. The van der Waals surface area contributed by atoms with E-state index in [0.717, 1.165) is 67.0 Å². The second-order valence-corrected chi connectivity index (χ2v) is 14.1. The number of fused-ring (bicyclic) bond motifs is 6. The highest BCUT2D eigenvalue weighted by Crippen LogP contribution is 2.40. The Morgan fingerprint density at radius 3 is 1.71 bits per heavy atom. The van der Waals surface area contributed by atoms with Crippen LogP contribution >= 0.6 is 0 Å². The molecule has 0 saturated carbocycles. The molecule has 0 bridgehead atoms. The molecule has 11 rings (SSSR count). The van der Waals surface area contributed by atoms with Crippen LogP contribution in [0.4, 0.5) is 0 Å². The summed E-state index contributed by atoms with van der Waals surface area (Å²) in [6.07, 6.45) is 1.88. The number of hydrogen-bond acceptors (Lipinski definition) is 3. The van der Waals surface area contributed by atoms with E-state index in [2.05, 4.69) is 161 Å². The summed E-state index contributed by atoms with van der Waals surface area (Å²) in [6, 6.07) is 68.3. The summed E-state index contributed by atoms with van der Waals surface area (Å²) in [6.45, 7) is 0. The molecule has 4 aromatic heterocycles. The average molecular weight is 716 g/mol. The summed E-state index contributed by atoms with van der Waals surface area (Å²) in [4.78, 5) is 15.0. The molecule has 0 aliphatic carbocycles. The number of hydrogen-bond donors (Lipinski definition) is 0. The minimum Gasteiger partial charge on any atom is -0.309 e. The lowest BCUT2D eigenvalue weighted by Crippen LogP contribution is -1.97. The minimum atomic E-state index is 0.702. The predicted molar refractivity (Wildman–Crippen MR) is 230 cm³/mol. The third-order valence-electron chi connectivity index (χ3n) is 10.8. The zero-order valence-corrected chi connectivity index (χ0v) is 30.3. The normalized spacial score (nSPS) is 11.6. The summed E-state index contributed by atoms with van der Waals surface area (Å²) in [7, 11) is 0. The van der Waals surface area contributed by atoms with Crippen molar-refractivity contribution in [2.45, 2.75) is 0 Å². The van der Waals surface area contributed by atoms with Gasteiger partial charge < -0.3 is 4.57 Å². The molecule has 0 aliphatic rings. The van der Waals surface area contributed by atoms with Crippen molar-refractivity contribution < 1.29 is 0 Å². The number of nitrogens with zero attached hydrogens (tertiary/aromatic N) is 5. The fraction of sp³-hybridized carbons (Fsp3) is 0. The molecule has 0 saturated heterocycles. The number of benzene rings is 7. The van der Waals surface area contributed by atoms with Crippen LogP contribution in [0.25, 0.3) is 100 Å². The predicted octanol–water partition coefficient (Wildman–Crippen LogP) is 12.7. The van der Waals surface area contributed by atoms with Gasteiger partial charge in [0.25, 0.3) is 0 Å². The van der Waals surface area contributed by atoms with Crippen LogP contribution in [0.1, 0.15) is 0 Å². The molecule has 4 heterocycles. The van der Waals surface area contributed by atoms with Crippen LogP contribution in [-0.4, -0.2) is 24.1 Å². The third-order valence-corrected chi connectivity index (χ3v) is 10.8. The molecule has 56 heavy (non-hydrogen) atoms. The molecular formula is C51H33N5. The summed E-state index contributed by atoms with van der Waals surface area (Å²) in [5.74, 6) is 0.702. The van der Waals surface area contributed by atoms with E-state index in [9.17, 15) is 0 Å². The van der Waals surface area contributed by atoms with Gasteiger partial charge >= 0.3 is 0 Å². The molecule has 262 valence electrons. The Balaban J connectivity index is 1.05. The van der Waals surface area contributed by atoms with Crippen LogP contribution in [0.2, 0.25) is 0 Å². The van der Waals surface area contributed by atoms with Crippen LogP contribution in [0.3, 0.4) is 0 Å². The molecular weight excluding hydrogens is 683 g/mol. The number of rotatable bonds is 6. The van der Waals surface area contributed by atoms with Crippen LogP contribution in [0, 0.1) is 0 Å². The standard InChI is InChI=1S/C51H33N5/c1-4-14-34(15-5-1)45-33-46(54-50(53-45)36-16-6-2-7-17-36)35-25-28-39(29-26-35)56-48-30-27-37(32-44(48)43-23-13-31-52-51(43)56)40-21-12-22-42-41-20-10-11-24-47(41)55(49(40)42)38-18-8-3-9-19-38/h1-33H. The van der Waals surface area contributed by atoms with Crippen molar-refractivity contribution in [1.29, 1.82) is 0 Å². The van der Waals surface area contributed by atoms with Crippen molar-refractivity contribution in [2.24, 2.45) is 0 Å². The van der Waals surface area contributed by atoms with Gasteiger partial charge in [0.1, 0.15) is 5.65 Å². The second-order valence-electron chi connectivity index (χ2n) is 14.1. The van der Waals surface area contributed by atoms with Crippen molar-refractivity contribution in [3.63, 3.8) is 0 Å². The Hall–Kier alpha value is -7.63. The van der Waals surface area contributed by atoms with Crippen molar-refractivity contribution >= 4 is 43.7 Å². The quantitative estimate of drug-likeness (QED) is 0.172. The Morgan fingerprint density at radius 1 is 0.357 bits per heavy atom. The first-order valence-electron chi connectivity index (χ1n) is 18.9. The van der Waals surface area contributed by atoms with Gasteiger partial charge in [0.15, 0.2) is 5.82 Å². The maximum atomic E-state index is 5.06. The maximum Gasteiger partial charge on any atom is 0.160 e. The van der Waals surface area contributed by atoms with E-state index in [-0.39, 0.29) is 0 Å². The van der Waals surface area contributed by atoms with Gasteiger partial charge in [0, 0.05) is 61.4 Å². The first-order chi connectivity index (χ1) is 27.8. The fourth-order valence-electron chi connectivity index (χ4n) is 8.22. The van der Waals surface area contributed by atoms with Crippen molar-refractivity contribution in [1.82, 2.24) is 24.1 Å². The van der Waals surface area contributed by atoms with Gasteiger partial charge in [-0.3, -0.25) is 4.57 Å². The lowest BCUT2D eigenvalue weighted by molar-refractivity contribution is 1.13. The molecule has 0 amide bonds. The first kappa shape index (κ1) is 31.9. The van der Waals surface area contributed by atoms with Gasteiger partial charge in [-0.15, -0.1) is 0 Å². The van der Waals surface area contributed by atoms with Crippen LogP contribution < -0.4 is 0 Å². The van der Waals surface area contributed by atoms with Gasteiger partial charge in [0.2, 0.25) is 0 Å². The van der Waals surface area contributed by atoms with Gasteiger partial charge in [-0.1, -0.05) is 133 Å². The molecule has 5 nitrogen and oxygen atoms in total. The van der Waals surface area contributed by atoms with Crippen molar-refractivity contribution in [3.8, 4) is 56.4 Å². The Kier molecular flexibility index (Phi) is 7.42. The molecule has 0 unspecified atom stereocenters. The van der Waals surface area contributed by atoms with Gasteiger partial charge in [0.05, 0.1) is 27.9 Å². The highest BCUT2D eigenvalue weighted by atomic mass is 15.0. The lowest BCUT2D eigenvalue weighted by atomic mass is 10.00. The van der Waals surface area contributed by atoms with E-state index in [1.165, 1.54) is 27.4 Å². The van der Waals surface area contributed by atoms with E-state index >= 15 is 0 Å². The maximum absolute atomic E-state index is 5.06.